The van der Waals surface area contributed by atoms with Crippen molar-refractivity contribution in [3.63, 3.8) is 0 Å². The van der Waals surface area contributed by atoms with Crippen LogP contribution in [0.5, 0.6) is 0 Å². The highest BCUT2D eigenvalue weighted by molar-refractivity contribution is 7.10. The van der Waals surface area contributed by atoms with Gasteiger partial charge in [0.25, 0.3) is 5.91 Å². The third-order valence-corrected chi connectivity index (χ3v) is 4.58. The van der Waals surface area contributed by atoms with Gasteiger partial charge in [0, 0.05) is 10.3 Å². The number of aliphatic carboxylic acids is 1. The van der Waals surface area contributed by atoms with Crippen molar-refractivity contribution in [1.82, 2.24) is 5.32 Å². The molecular weight excluding hydrogens is 262 g/mol. The molecule has 0 aliphatic heterocycles. The first-order valence-corrected chi connectivity index (χ1v) is 7.64. The van der Waals surface area contributed by atoms with Gasteiger partial charge in [-0.15, -0.1) is 11.3 Å². The minimum atomic E-state index is -0.959. The summed E-state index contributed by atoms with van der Waals surface area (Å²) >= 11 is 1.62. The zero-order chi connectivity index (χ0) is 13.8. The molecule has 0 radical (unpaired) electrons. The summed E-state index contributed by atoms with van der Waals surface area (Å²) in [5.74, 6) is -1.19. The second kappa shape index (κ2) is 6.19. The summed E-state index contributed by atoms with van der Waals surface area (Å²) < 4.78 is 0. The van der Waals surface area contributed by atoms with Crippen LogP contribution in [0.15, 0.2) is 5.38 Å². The summed E-state index contributed by atoms with van der Waals surface area (Å²) in [4.78, 5) is 24.6. The number of hydrogen-bond acceptors (Lipinski definition) is 3. The van der Waals surface area contributed by atoms with Crippen molar-refractivity contribution in [2.45, 2.75) is 51.5 Å². The van der Waals surface area contributed by atoms with Crippen LogP contribution in [0.1, 0.15) is 53.4 Å². The van der Waals surface area contributed by atoms with Crippen molar-refractivity contribution < 1.29 is 14.7 Å². The zero-order valence-electron chi connectivity index (χ0n) is 11.1. The smallest absolute Gasteiger partial charge is 0.326 e. The standard InChI is InChI=1S/C14H19NO3S/c1-2-5-11(14(17)18)15-13(16)10-8-19-12-7-4-3-6-9(10)12/h8,11H,2-7H2,1H3,(H,15,16)(H,17,18). The van der Waals surface area contributed by atoms with Crippen LogP contribution < -0.4 is 5.32 Å². The Labute approximate surface area is 116 Å². The maximum atomic E-state index is 12.2. The Morgan fingerprint density at radius 1 is 1.42 bits per heavy atom. The van der Waals surface area contributed by atoms with Crippen molar-refractivity contribution >= 4 is 23.2 Å². The fourth-order valence-electron chi connectivity index (χ4n) is 2.47. The number of aryl methyl sites for hydroxylation is 1. The third kappa shape index (κ3) is 3.15. The third-order valence-electron chi connectivity index (χ3n) is 3.49. The largest absolute Gasteiger partial charge is 0.480 e. The molecule has 1 aliphatic rings. The first-order valence-electron chi connectivity index (χ1n) is 6.76. The maximum absolute atomic E-state index is 12.2. The molecule has 1 aromatic heterocycles. The van der Waals surface area contributed by atoms with Crippen LogP contribution in [0, 0.1) is 0 Å². The summed E-state index contributed by atoms with van der Waals surface area (Å²) in [6.45, 7) is 1.91. The number of nitrogens with one attached hydrogen (secondary N) is 1. The number of amides is 1. The van der Waals surface area contributed by atoms with Crippen molar-refractivity contribution in [3.8, 4) is 0 Å². The van der Waals surface area contributed by atoms with Crippen molar-refractivity contribution in [1.29, 1.82) is 0 Å². The molecule has 0 aromatic carbocycles. The van der Waals surface area contributed by atoms with E-state index in [-0.39, 0.29) is 5.91 Å². The van der Waals surface area contributed by atoms with Gasteiger partial charge < -0.3 is 10.4 Å². The lowest BCUT2D eigenvalue weighted by Gasteiger charge is -2.15. The first kappa shape index (κ1) is 14.1. The van der Waals surface area contributed by atoms with Gasteiger partial charge in [0.2, 0.25) is 0 Å². The molecule has 0 spiro atoms. The van der Waals surface area contributed by atoms with Crippen LogP contribution in [0.25, 0.3) is 0 Å². The summed E-state index contributed by atoms with van der Waals surface area (Å²) in [6.07, 6.45) is 5.48. The van der Waals surface area contributed by atoms with Gasteiger partial charge in [-0.2, -0.15) is 0 Å². The summed E-state index contributed by atoms with van der Waals surface area (Å²) in [6, 6.07) is -0.781. The van der Waals surface area contributed by atoms with E-state index in [1.165, 1.54) is 11.3 Å². The number of carbonyl (C=O) groups excluding carboxylic acids is 1. The Balaban J connectivity index is 2.11. The van der Waals surface area contributed by atoms with Gasteiger partial charge in [-0.1, -0.05) is 13.3 Å². The average Bonchev–Trinajstić information content (AvgIpc) is 2.81. The van der Waals surface area contributed by atoms with E-state index in [0.29, 0.717) is 12.0 Å². The minimum absolute atomic E-state index is 0.236. The summed E-state index contributed by atoms with van der Waals surface area (Å²) in [5.41, 5.74) is 1.82. The number of carboxylic acid groups (broad SMARTS) is 1. The Bertz CT molecular complexity index is 481. The topological polar surface area (TPSA) is 66.4 Å². The number of rotatable bonds is 5. The first-order chi connectivity index (χ1) is 9.13. The number of fused-ring (bicyclic) bond motifs is 1. The van der Waals surface area contributed by atoms with E-state index in [1.54, 1.807) is 11.3 Å². The molecule has 104 valence electrons. The fraction of sp³-hybridized carbons (Fsp3) is 0.571. The minimum Gasteiger partial charge on any atom is -0.480 e. The predicted octanol–water partition coefficient (Wildman–Crippen LogP) is 2.61. The van der Waals surface area contributed by atoms with Crippen LogP contribution >= 0.6 is 11.3 Å². The molecule has 2 N–H and O–H groups in total. The molecule has 1 heterocycles. The molecule has 1 unspecified atom stereocenters. The van der Waals surface area contributed by atoms with Gasteiger partial charge in [-0.05, 0) is 37.7 Å². The van der Waals surface area contributed by atoms with E-state index in [9.17, 15) is 9.59 Å². The summed E-state index contributed by atoms with van der Waals surface area (Å²) in [7, 11) is 0. The number of thiophene rings is 1. The molecule has 0 fully saturated rings. The SMILES string of the molecule is CCCC(NC(=O)c1csc2c1CCCC2)C(=O)O. The Morgan fingerprint density at radius 2 is 2.16 bits per heavy atom. The number of carbonyl (C=O) groups is 2. The lowest BCUT2D eigenvalue weighted by molar-refractivity contribution is -0.139. The second-order valence-electron chi connectivity index (χ2n) is 4.91. The molecular formula is C14H19NO3S. The Kier molecular flexibility index (Phi) is 4.58. The van der Waals surface area contributed by atoms with E-state index in [1.807, 2.05) is 12.3 Å². The molecule has 1 atom stereocenters. The predicted molar refractivity (Wildman–Crippen MR) is 74.8 cm³/mol. The number of hydrogen-bond donors (Lipinski definition) is 2. The highest BCUT2D eigenvalue weighted by atomic mass is 32.1. The van der Waals surface area contributed by atoms with Crippen LogP contribution in [0.2, 0.25) is 0 Å². The molecule has 19 heavy (non-hydrogen) atoms. The quantitative estimate of drug-likeness (QED) is 0.872. The maximum Gasteiger partial charge on any atom is 0.326 e. The second-order valence-corrected chi connectivity index (χ2v) is 5.88. The van der Waals surface area contributed by atoms with E-state index < -0.39 is 12.0 Å². The van der Waals surface area contributed by atoms with Crippen molar-refractivity contribution in [2.24, 2.45) is 0 Å². The Hall–Kier alpha value is -1.36. The highest BCUT2D eigenvalue weighted by Gasteiger charge is 2.24. The highest BCUT2D eigenvalue weighted by Crippen LogP contribution is 2.30. The molecule has 0 bridgehead atoms. The molecule has 2 rings (SSSR count). The normalized spacial score (nSPS) is 15.6. The summed E-state index contributed by atoms with van der Waals surface area (Å²) in [5, 5.41) is 13.6. The van der Waals surface area contributed by atoms with Gasteiger partial charge in [-0.3, -0.25) is 4.79 Å². The van der Waals surface area contributed by atoms with Crippen LogP contribution in [-0.4, -0.2) is 23.0 Å². The van der Waals surface area contributed by atoms with E-state index >= 15 is 0 Å². The molecule has 1 aliphatic carbocycles. The lowest BCUT2D eigenvalue weighted by atomic mass is 9.95. The molecule has 0 saturated carbocycles. The average molecular weight is 281 g/mol. The number of carboxylic acids is 1. The van der Waals surface area contributed by atoms with Gasteiger partial charge in [0.05, 0.1) is 5.56 Å². The van der Waals surface area contributed by atoms with Crippen LogP contribution in [0.3, 0.4) is 0 Å². The van der Waals surface area contributed by atoms with Gasteiger partial charge in [0.1, 0.15) is 6.04 Å². The van der Waals surface area contributed by atoms with Crippen molar-refractivity contribution in [2.75, 3.05) is 0 Å². The molecule has 5 heteroatoms. The molecule has 1 amide bonds. The lowest BCUT2D eigenvalue weighted by Crippen LogP contribution is -2.40. The zero-order valence-corrected chi connectivity index (χ0v) is 11.9. The van der Waals surface area contributed by atoms with E-state index in [4.69, 9.17) is 5.11 Å². The van der Waals surface area contributed by atoms with E-state index in [2.05, 4.69) is 5.32 Å². The molecule has 4 nitrogen and oxygen atoms in total. The van der Waals surface area contributed by atoms with Crippen LogP contribution in [0.4, 0.5) is 0 Å². The van der Waals surface area contributed by atoms with Gasteiger partial charge in [0.15, 0.2) is 0 Å². The monoisotopic (exact) mass is 281 g/mol. The van der Waals surface area contributed by atoms with Crippen molar-refractivity contribution in [3.05, 3.63) is 21.4 Å². The Morgan fingerprint density at radius 3 is 2.84 bits per heavy atom. The van der Waals surface area contributed by atoms with Gasteiger partial charge in [-0.25, -0.2) is 4.79 Å². The molecule has 0 saturated heterocycles. The van der Waals surface area contributed by atoms with Crippen LogP contribution in [-0.2, 0) is 17.6 Å². The molecule has 1 aromatic rings. The van der Waals surface area contributed by atoms with Gasteiger partial charge >= 0.3 is 5.97 Å². The fourth-order valence-corrected chi connectivity index (χ4v) is 3.59. The van der Waals surface area contributed by atoms with E-state index in [0.717, 1.165) is 31.2 Å².